The summed E-state index contributed by atoms with van der Waals surface area (Å²) in [5, 5.41) is 15.2. The van der Waals surface area contributed by atoms with E-state index in [9.17, 15) is 18.0 Å². The van der Waals surface area contributed by atoms with Crippen LogP contribution in [0.3, 0.4) is 0 Å². The minimum atomic E-state index is -3.88. The van der Waals surface area contributed by atoms with E-state index in [2.05, 4.69) is 10.4 Å². The number of amides is 1. The predicted octanol–water partition coefficient (Wildman–Crippen LogP) is 1.15. The zero-order valence-corrected chi connectivity index (χ0v) is 16.2. The SMILES string of the molecule is Cc1ccc(S(=O)(=O)N(C)c2c(C(=O)NCCCC(=O)O)cnn2C)cc1. The van der Waals surface area contributed by atoms with Gasteiger partial charge in [-0.15, -0.1) is 0 Å². The lowest BCUT2D eigenvalue weighted by Gasteiger charge is -2.21. The Balaban J connectivity index is 2.25. The van der Waals surface area contributed by atoms with E-state index in [1.54, 1.807) is 12.1 Å². The second kappa shape index (κ2) is 8.21. The first-order valence-corrected chi connectivity index (χ1v) is 9.66. The van der Waals surface area contributed by atoms with E-state index in [4.69, 9.17) is 5.11 Å². The third-order valence-corrected chi connectivity index (χ3v) is 5.74. The molecule has 0 aliphatic heterocycles. The number of anilines is 1. The third kappa shape index (κ3) is 4.64. The number of benzene rings is 1. The summed E-state index contributed by atoms with van der Waals surface area (Å²) in [6.45, 7) is 2.02. The molecule has 1 aromatic carbocycles. The Morgan fingerprint density at radius 1 is 1.26 bits per heavy atom. The van der Waals surface area contributed by atoms with Crippen LogP contribution in [-0.4, -0.2) is 48.8 Å². The lowest BCUT2D eigenvalue weighted by Crippen LogP contribution is -2.32. The van der Waals surface area contributed by atoms with Gasteiger partial charge >= 0.3 is 5.97 Å². The van der Waals surface area contributed by atoms with Gasteiger partial charge in [-0.05, 0) is 25.5 Å². The molecule has 0 aliphatic carbocycles. The molecule has 1 aromatic heterocycles. The number of hydrogen-bond donors (Lipinski definition) is 2. The maximum Gasteiger partial charge on any atom is 0.303 e. The summed E-state index contributed by atoms with van der Waals surface area (Å²) in [6, 6.07) is 6.40. The molecule has 0 radical (unpaired) electrons. The van der Waals surface area contributed by atoms with Crippen LogP contribution in [0.1, 0.15) is 28.8 Å². The van der Waals surface area contributed by atoms with Crippen molar-refractivity contribution in [1.29, 1.82) is 0 Å². The summed E-state index contributed by atoms with van der Waals surface area (Å²) >= 11 is 0. The zero-order chi connectivity index (χ0) is 20.2. The summed E-state index contributed by atoms with van der Waals surface area (Å²) in [5.41, 5.74) is 1.02. The highest BCUT2D eigenvalue weighted by Crippen LogP contribution is 2.25. The topological polar surface area (TPSA) is 122 Å². The molecule has 1 amide bonds. The van der Waals surface area contributed by atoms with Crippen molar-refractivity contribution < 1.29 is 23.1 Å². The molecular weight excluding hydrogens is 372 g/mol. The average Bonchev–Trinajstić information content (AvgIpc) is 2.99. The van der Waals surface area contributed by atoms with Crippen LogP contribution in [-0.2, 0) is 21.9 Å². The lowest BCUT2D eigenvalue weighted by atomic mass is 10.2. The van der Waals surface area contributed by atoms with E-state index in [0.29, 0.717) is 0 Å². The molecule has 2 N–H and O–H groups in total. The Morgan fingerprint density at radius 3 is 2.48 bits per heavy atom. The Kier molecular flexibility index (Phi) is 6.21. The number of aliphatic carboxylic acids is 1. The third-order valence-electron chi connectivity index (χ3n) is 3.98. The Morgan fingerprint density at radius 2 is 1.89 bits per heavy atom. The van der Waals surface area contributed by atoms with Crippen molar-refractivity contribution in [3.63, 3.8) is 0 Å². The molecule has 9 nitrogen and oxygen atoms in total. The van der Waals surface area contributed by atoms with Crippen molar-refractivity contribution >= 4 is 27.7 Å². The van der Waals surface area contributed by atoms with Crippen molar-refractivity contribution in [3.05, 3.63) is 41.6 Å². The summed E-state index contributed by atoms with van der Waals surface area (Å²) in [7, 11) is -0.985. The molecule has 1 heterocycles. The number of nitrogens with one attached hydrogen (secondary N) is 1. The van der Waals surface area contributed by atoms with Gasteiger partial charge in [-0.1, -0.05) is 17.7 Å². The van der Waals surface area contributed by atoms with E-state index in [1.165, 1.54) is 37.1 Å². The quantitative estimate of drug-likeness (QED) is 0.648. The first-order chi connectivity index (χ1) is 12.6. The molecule has 0 unspecified atom stereocenters. The number of aromatic nitrogens is 2. The zero-order valence-electron chi connectivity index (χ0n) is 15.3. The minimum Gasteiger partial charge on any atom is -0.481 e. The van der Waals surface area contributed by atoms with Crippen molar-refractivity contribution in [3.8, 4) is 0 Å². The molecule has 0 atom stereocenters. The number of hydrogen-bond acceptors (Lipinski definition) is 5. The van der Waals surface area contributed by atoms with Gasteiger partial charge in [0.2, 0.25) is 0 Å². The van der Waals surface area contributed by atoms with Crippen LogP contribution in [0.15, 0.2) is 35.4 Å². The molecule has 146 valence electrons. The van der Waals surface area contributed by atoms with Gasteiger partial charge in [0, 0.05) is 27.1 Å². The van der Waals surface area contributed by atoms with Gasteiger partial charge in [-0.2, -0.15) is 5.10 Å². The van der Waals surface area contributed by atoms with Gasteiger partial charge in [-0.25, -0.2) is 8.42 Å². The standard InChI is InChI=1S/C17H22N4O5S/c1-12-6-8-13(9-7-12)27(25,26)21(3)17-14(11-19-20(17)2)16(24)18-10-4-5-15(22)23/h6-9,11H,4-5,10H2,1-3H3,(H,18,24)(H,22,23). The maximum absolute atomic E-state index is 12.9. The van der Waals surface area contributed by atoms with Gasteiger partial charge in [-0.3, -0.25) is 18.6 Å². The second-order valence-corrected chi connectivity index (χ2v) is 8.01. The molecular formula is C17H22N4O5S. The monoisotopic (exact) mass is 394 g/mol. The number of carbonyl (C=O) groups is 2. The summed E-state index contributed by atoms with van der Waals surface area (Å²) in [6.07, 6.45) is 1.49. The van der Waals surface area contributed by atoms with Crippen LogP contribution in [0.5, 0.6) is 0 Å². The van der Waals surface area contributed by atoms with Crippen molar-refractivity contribution in [1.82, 2.24) is 15.1 Å². The lowest BCUT2D eigenvalue weighted by molar-refractivity contribution is -0.137. The molecule has 0 aliphatic rings. The highest BCUT2D eigenvalue weighted by Gasteiger charge is 2.28. The largest absolute Gasteiger partial charge is 0.481 e. The highest BCUT2D eigenvalue weighted by atomic mass is 32.2. The van der Waals surface area contributed by atoms with Crippen molar-refractivity contribution in [2.24, 2.45) is 7.05 Å². The summed E-state index contributed by atoms with van der Waals surface area (Å²) in [5.74, 6) is -1.35. The highest BCUT2D eigenvalue weighted by molar-refractivity contribution is 7.92. The molecule has 0 fully saturated rings. The van der Waals surface area contributed by atoms with E-state index in [0.717, 1.165) is 9.87 Å². The number of aryl methyl sites for hydroxylation is 2. The smallest absolute Gasteiger partial charge is 0.303 e. The Labute approximate surface area is 157 Å². The summed E-state index contributed by atoms with van der Waals surface area (Å²) < 4.78 is 28.1. The first-order valence-electron chi connectivity index (χ1n) is 8.22. The molecule has 0 bridgehead atoms. The van der Waals surface area contributed by atoms with Crippen LogP contribution in [0.2, 0.25) is 0 Å². The van der Waals surface area contributed by atoms with Crippen LogP contribution >= 0.6 is 0 Å². The van der Waals surface area contributed by atoms with Crippen molar-refractivity contribution in [2.45, 2.75) is 24.7 Å². The van der Waals surface area contributed by atoms with E-state index in [1.807, 2.05) is 6.92 Å². The van der Waals surface area contributed by atoms with Crippen LogP contribution < -0.4 is 9.62 Å². The van der Waals surface area contributed by atoms with Crippen molar-refractivity contribution in [2.75, 3.05) is 17.9 Å². The molecule has 0 saturated heterocycles. The number of carboxylic acid groups (broad SMARTS) is 1. The fourth-order valence-corrected chi connectivity index (χ4v) is 3.72. The van der Waals surface area contributed by atoms with Crippen LogP contribution in [0, 0.1) is 6.92 Å². The first kappa shape index (κ1) is 20.4. The summed E-state index contributed by atoms with van der Waals surface area (Å²) in [4.78, 5) is 23.0. The second-order valence-electron chi connectivity index (χ2n) is 6.04. The number of nitrogens with zero attached hydrogens (tertiary/aromatic N) is 3. The van der Waals surface area contributed by atoms with Gasteiger partial charge in [0.05, 0.1) is 11.1 Å². The molecule has 10 heteroatoms. The molecule has 2 aromatic rings. The number of carbonyl (C=O) groups excluding carboxylic acids is 1. The fraction of sp³-hybridized carbons (Fsp3) is 0.353. The molecule has 27 heavy (non-hydrogen) atoms. The number of carboxylic acids is 1. The number of rotatable bonds is 8. The average molecular weight is 394 g/mol. The normalized spacial score (nSPS) is 11.2. The molecule has 2 rings (SSSR count). The van der Waals surface area contributed by atoms with Gasteiger partial charge in [0.25, 0.3) is 15.9 Å². The van der Waals surface area contributed by atoms with Gasteiger partial charge in [0.15, 0.2) is 5.82 Å². The Bertz CT molecular complexity index is 935. The molecule has 0 spiro atoms. The molecule has 0 saturated carbocycles. The predicted molar refractivity (Wildman–Crippen MR) is 99.2 cm³/mol. The maximum atomic E-state index is 12.9. The van der Waals surface area contributed by atoms with Crippen LogP contribution in [0.4, 0.5) is 5.82 Å². The van der Waals surface area contributed by atoms with E-state index < -0.39 is 21.9 Å². The Hall–Kier alpha value is -2.88. The fourth-order valence-electron chi connectivity index (χ4n) is 2.48. The van der Waals surface area contributed by atoms with Crippen LogP contribution in [0.25, 0.3) is 0 Å². The van der Waals surface area contributed by atoms with E-state index >= 15 is 0 Å². The van der Waals surface area contributed by atoms with E-state index in [-0.39, 0.29) is 35.7 Å². The minimum absolute atomic E-state index is 0.0676. The number of sulfonamides is 1. The van der Waals surface area contributed by atoms with Gasteiger partial charge < -0.3 is 10.4 Å². The van der Waals surface area contributed by atoms with Gasteiger partial charge in [0.1, 0.15) is 5.56 Å².